The highest BCUT2D eigenvalue weighted by molar-refractivity contribution is 14.0. The maximum absolute atomic E-state index is 12.3. The van der Waals surface area contributed by atoms with Crippen LogP contribution in [0, 0.1) is 5.92 Å². The lowest BCUT2D eigenvalue weighted by molar-refractivity contribution is 0.441. The van der Waals surface area contributed by atoms with Gasteiger partial charge in [0.15, 0.2) is 5.96 Å². The fourth-order valence-electron chi connectivity index (χ4n) is 2.66. The number of rotatable bonds is 10. The molecule has 6 nitrogen and oxygen atoms in total. The zero-order valence-electron chi connectivity index (χ0n) is 15.8. The lowest BCUT2D eigenvalue weighted by atomic mass is 9.99. The number of nitrogens with one attached hydrogen (secondary N) is 2. The topological polar surface area (TPSA) is 73.8 Å². The van der Waals surface area contributed by atoms with Crippen LogP contribution in [0.1, 0.15) is 39.5 Å². The summed E-state index contributed by atoms with van der Waals surface area (Å²) in [4.78, 5) is 4.19. The molecule has 0 aliphatic carbocycles. The predicted octanol–water partition coefficient (Wildman–Crippen LogP) is 2.36. The van der Waals surface area contributed by atoms with Crippen LogP contribution >= 0.6 is 35.7 Å². The van der Waals surface area contributed by atoms with Crippen LogP contribution in [0.25, 0.3) is 0 Å². The molecule has 150 valence electrons. The summed E-state index contributed by atoms with van der Waals surface area (Å²) in [7, 11) is -1.44. The molecule has 1 rings (SSSR count). The maximum atomic E-state index is 12.3. The van der Waals surface area contributed by atoms with Crippen molar-refractivity contribution in [1.29, 1.82) is 0 Å². The number of thioether (sulfide) groups is 1. The molecule has 1 fully saturated rings. The number of unbranched alkanes of at least 4 members (excludes halogenated alkanes) is 1. The fraction of sp³-hybridized carbons (Fsp3) is 0.938. The largest absolute Gasteiger partial charge is 0.356 e. The van der Waals surface area contributed by atoms with Gasteiger partial charge in [-0.05, 0) is 12.3 Å². The minimum absolute atomic E-state index is 0. The van der Waals surface area contributed by atoms with Crippen molar-refractivity contribution in [3.63, 3.8) is 0 Å². The summed E-state index contributed by atoms with van der Waals surface area (Å²) in [6.45, 7) is 6.96. The molecular formula is C16H35IN4O2S2. The van der Waals surface area contributed by atoms with E-state index in [0.29, 0.717) is 31.5 Å². The molecule has 1 saturated heterocycles. The molecule has 25 heavy (non-hydrogen) atoms. The normalized spacial score (nSPS) is 17.6. The summed E-state index contributed by atoms with van der Waals surface area (Å²) in [5.74, 6) is 3.23. The lowest BCUT2D eigenvalue weighted by Gasteiger charge is -2.25. The summed E-state index contributed by atoms with van der Waals surface area (Å²) in [5.41, 5.74) is 0. The van der Waals surface area contributed by atoms with E-state index in [4.69, 9.17) is 0 Å². The first-order valence-electron chi connectivity index (χ1n) is 9.03. The number of aliphatic imine (C=N–C) groups is 1. The summed E-state index contributed by atoms with van der Waals surface area (Å²) in [6, 6.07) is 0. The third kappa shape index (κ3) is 10.2. The van der Waals surface area contributed by atoms with Crippen LogP contribution in [0.5, 0.6) is 0 Å². The third-order valence-corrected chi connectivity index (χ3v) is 7.16. The minimum Gasteiger partial charge on any atom is -0.356 e. The molecule has 1 heterocycles. The van der Waals surface area contributed by atoms with E-state index in [0.717, 1.165) is 24.5 Å². The maximum Gasteiger partial charge on any atom is 0.215 e. The molecule has 1 atom stereocenters. The standard InChI is InChI=1S/C16H34N4O2S2.HI/c1-4-6-7-15(5-2)14-19-16(17-3)18-8-13-24(21,22)20-9-11-23-12-10-20;/h15H,4-14H2,1-3H3,(H2,17,18,19);1H. The van der Waals surface area contributed by atoms with Gasteiger partial charge in [0.1, 0.15) is 0 Å². The van der Waals surface area contributed by atoms with Crippen LogP contribution in [-0.4, -0.2) is 69.2 Å². The van der Waals surface area contributed by atoms with Gasteiger partial charge in [-0.25, -0.2) is 12.7 Å². The average molecular weight is 507 g/mol. The van der Waals surface area contributed by atoms with Crippen molar-refractivity contribution >= 4 is 51.7 Å². The first-order valence-corrected chi connectivity index (χ1v) is 11.8. The summed E-state index contributed by atoms with van der Waals surface area (Å²) in [6.07, 6.45) is 4.83. The van der Waals surface area contributed by atoms with Gasteiger partial charge < -0.3 is 10.6 Å². The van der Waals surface area contributed by atoms with Crippen LogP contribution in [0.3, 0.4) is 0 Å². The van der Waals surface area contributed by atoms with E-state index in [9.17, 15) is 8.42 Å². The monoisotopic (exact) mass is 506 g/mol. The van der Waals surface area contributed by atoms with Crippen molar-refractivity contribution in [2.45, 2.75) is 39.5 Å². The minimum atomic E-state index is -3.16. The highest BCUT2D eigenvalue weighted by atomic mass is 127. The van der Waals surface area contributed by atoms with Gasteiger partial charge in [0.05, 0.1) is 5.75 Å². The Morgan fingerprint density at radius 2 is 1.92 bits per heavy atom. The van der Waals surface area contributed by atoms with Gasteiger partial charge in [-0.15, -0.1) is 24.0 Å². The second kappa shape index (κ2) is 14.3. The Balaban J connectivity index is 0.00000576. The molecule has 0 saturated carbocycles. The molecule has 0 bridgehead atoms. The zero-order valence-corrected chi connectivity index (χ0v) is 19.8. The van der Waals surface area contributed by atoms with Crippen molar-refractivity contribution < 1.29 is 8.42 Å². The van der Waals surface area contributed by atoms with E-state index >= 15 is 0 Å². The van der Waals surface area contributed by atoms with Gasteiger partial charge in [0.25, 0.3) is 0 Å². The summed E-state index contributed by atoms with van der Waals surface area (Å²) < 4.78 is 26.2. The Kier molecular flexibility index (Phi) is 14.5. The van der Waals surface area contributed by atoms with Crippen LogP contribution < -0.4 is 10.6 Å². The SMILES string of the molecule is CCCCC(CC)CNC(=NC)NCCS(=O)(=O)N1CCSCC1.I. The predicted molar refractivity (Wildman–Crippen MR) is 121 cm³/mol. The summed E-state index contributed by atoms with van der Waals surface area (Å²) >= 11 is 1.81. The second-order valence-electron chi connectivity index (χ2n) is 6.12. The molecule has 0 aromatic carbocycles. The van der Waals surface area contributed by atoms with Gasteiger partial charge in [-0.1, -0.05) is 33.1 Å². The fourth-order valence-corrected chi connectivity index (χ4v) is 5.15. The highest BCUT2D eigenvalue weighted by Gasteiger charge is 2.23. The van der Waals surface area contributed by atoms with Gasteiger partial charge >= 0.3 is 0 Å². The Hall–Kier alpha value is 0.260. The van der Waals surface area contributed by atoms with E-state index in [2.05, 4.69) is 29.5 Å². The molecule has 0 aromatic heterocycles. The van der Waals surface area contributed by atoms with E-state index in [-0.39, 0.29) is 29.7 Å². The zero-order chi connectivity index (χ0) is 17.8. The lowest BCUT2D eigenvalue weighted by Crippen LogP contribution is -2.44. The first-order chi connectivity index (χ1) is 11.5. The van der Waals surface area contributed by atoms with E-state index in [1.807, 2.05) is 11.8 Å². The molecule has 2 N–H and O–H groups in total. The smallest absolute Gasteiger partial charge is 0.215 e. The molecule has 1 aliphatic heterocycles. The number of nitrogens with zero attached hydrogens (tertiary/aromatic N) is 2. The molecule has 0 aromatic rings. The molecule has 0 radical (unpaired) electrons. The Morgan fingerprint density at radius 3 is 2.48 bits per heavy atom. The molecule has 1 unspecified atom stereocenters. The molecule has 9 heteroatoms. The number of hydrogen-bond acceptors (Lipinski definition) is 4. The molecule has 0 spiro atoms. The second-order valence-corrected chi connectivity index (χ2v) is 9.44. The van der Waals surface area contributed by atoms with Crippen molar-refractivity contribution in [2.24, 2.45) is 10.9 Å². The van der Waals surface area contributed by atoms with Crippen molar-refractivity contribution in [3.8, 4) is 0 Å². The molecular weight excluding hydrogens is 471 g/mol. The third-order valence-electron chi connectivity index (χ3n) is 4.34. The van der Waals surface area contributed by atoms with E-state index in [1.165, 1.54) is 19.3 Å². The molecule has 1 aliphatic rings. The van der Waals surface area contributed by atoms with Gasteiger partial charge in [0, 0.05) is 44.7 Å². The van der Waals surface area contributed by atoms with Gasteiger partial charge in [-0.3, -0.25) is 4.99 Å². The average Bonchev–Trinajstić information content (AvgIpc) is 2.60. The van der Waals surface area contributed by atoms with Crippen molar-refractivity contribution in [1.82, 2.24) is 14.9 Å². The highest BCUT2D eigenvalue weighted by Crippen LogP contribution is 2.13. The Bertz CT molecular complexity index is 469. The van der Waals surface area contributed by atoms with Crippen LogP contribution in [0.15, 0.2) is 4.99 Å². The van der Waals surface area contributed by atoms with E-state index < -0.39 is 10.0 Å². The molecule has 0 amide bonds. The quantitative estimate of drug-likeness (QED) is 0.271. The van der Waals surface area contributed by atoms with Crippen LogP contribution in [0.4, 0.5) is 0 Å². The van der Waals surface area contributed by atoms with Crippen LogP contribution in [0.2, 0.25) is 0 Å². The van der Waals surface area contributed by atoms with E-state index in [1.54, 1.807) is 11.4 Å². The number of guanidine groups is 1. The number of halogens is 1. The van der Waals surface area contributed by atoms with Gasteiger partial charge in [0.2, 0.25) is 10.0 Å². The first kappa shape index (κ1) is 25.3. The number of sulfonamides is 1. The Labute approximate surface area is 175 Å². The Morgan fingerprint density at radius 1 is 1.24 bits per heavy atom. The van der Waals surface area contributed by atoms with Crippen molar-refractivity contribution in [2.75, 3.05) is 50.5 Å². The van der Waals surface area contributed by atoms with Crippen molar-refractivity contribution in [3.05, 3.63) is 0 Å². The number of hydrogen-bond donors (Lipinski definition) is 2. The van der Waals surface area contributed by atoms with Gasteiger partial charge in [-0.2, -0.15) is 11.8 Å². The van der Waals surface area contributed by atoms with Crippen LogP contribution in [-0.2, 0) is 10.0 Å². The summed E-state index contributed by atoms with van der Waals surface area (Å²) in [5, 5.41) is 6.45.